The summed E-state index contributed by atoms with van der Waals surface area (Å²) >= 11 is 1.83. The zero-order valence-corrected chi connectivity index (χ0v) is 13.7. The summed E-state index contributed by atoms with van der Waals surface area (Å²) in [6.07, 6.45) is 2.10. The zero-order chi connectivity index (χ0) is 11.5. The first-order valence-corrected chi connectivity index (χ1v) is 6.57. The van der Waals surface area contributed by atoms with Gasteiger partial charge >= 0.3 is 0 Å². The van der Waals surface area contributed by atoms with Crippen molar-refractivity contribution in [3.05, 3.63) is 0 Å². The molecule has 0 amide bonds. The number of halogens is 1. The standard InChI is InChI=1S/C10H23N3OS.HI/c1-5-11-10(12-6-7-14-3)13-8-9(2)15-4;/h9H,5-8H2,1-4H3,(H2,11,12,13);1H. The van der Waals surface area contributed by atoms with Crippen LogP contribution in [0, 0.1) is 0 Å². The molecule has 0 heterocycles. The molecule has 1 unspecified atom stereocenters. The van der Waals surface area contributed by atoms with Gasteiger partial charge in [0.2, 0.25) is 0 Å². The fraction of sp³-hybridized carbons (Fsp3) is 0.900. The molecule has 1 atom stereocenters. The summed E-state index contributed by atoms with van der Waals surface area (Å²) in [5.41, 5.74) is 0. The Bertz CT molecular complexity index is 181. The first-order valence-electron chi connectivity index (χ1n) is 5.28. The normalized spacial score (nSPS) is 12.9. The van der Waals surface area contributed by atoms with E-state index in [1.165, 1.54) is 0 Å². The van der Waals surface area contributed by atoms with Crippen LogP contribution in [-0.2, 0) is 4.74 Å². The average molecular weight is 361 g/mol. The fourth-order valence-electron chi connectivity index (χ4n) is 0.908. The monoisotopic (exact) mass is 361 g/mol. The van der Waals surface area contributed by atoms with Gasteiger partial charge in [-0.15, -0.1) is 24.0 Å². The van der Waals surface area contributed by atoms with Crippen LogP contribution in [-0.4, -0.2) is 50.8 Å². The van der Waals surface area contributed by atoms with Crippen molar-refractivity contribution in [3.63, 3.8) is 0 Å². The van der Waals surface area contributed by atoms with Crippen molar-refractivity contribution < 1.29 is 4.74 Å². The van der Waals surface area contributed by atoms with E-state index in [1.54, 1.807) is 7.11 Å². The minimum atomic E-state index is 0. The van der Waals surface area contributed by atoms with Gasteiger partial charge in [0.25, 0.3) is 0 Å². The number of aliphatic imine (C=N–C) groups is 1. The molecule has 0 aliphatic carbocycles. The molecule has 0 aliphatic heterocycles. The summed E-state index contributed by atoms with van der Waals surface area (Å²) in [7, 11) is 1.70. The second kappa shape index (κ2) is 13.4. The number of ether oxygens (including phenoxy) is 1. The Morgan fingerprint density at radius 2 is 2.12 bits per heavy atom. The van der Waals surface area contributed by atoms with Gasteiger partial charge in [0.1, 0.15) is 0 Å². The van der Waals surface area contributed by atoms with E-state index in [-0.39, 0.29) is 24.0 Å². The lowest BCUT2D eigenvalue weighted by Gasteiger charge is -2.12. The maximum atomic E-state index is 4.97. The molecule has 0 aromatic carbocycles. The van der Waals surface area contributed by atoms with Crippen molar-refractivity contribution in [2.24, 2.45) is 4.99 Å². The molecule has 6 heteroatoms. The van der Waals surface area contributed by atoms with Crippen molar-refractivity contribution in [1.29, 1.82) is 0 Å². The molecule has 0 radical (unpaired) electrons. The largest absolute Gasteiger partial charge is 0.383 e. The number of hydrogen-bond acceptors (Lipinski definition) is 3. The van der Waals surface area contributed by atoms with Crippen LogP contribution < -0.4 is 10.6 Å². The molecule has 0 aliphatic rings. The van der Waals surface area contributed by atoms with Crippen molar-refractivity contribution in [3.8, 4) is 0 Å². The molecule has 0 rings (SSSR count). The smallest absolute Gasteiger partial charge is 0.191 e. The van der Waals surface area contributed by atoms with Crippen LogP contribution in [0.4, 0.5) is 0 Å². The van der Waals surface area contributed by atoms with Gasteiger partial charge in [-0.05, 0) is 13.2 Å². The fourth-order valence-corrected chi connectivity index (χ4v) is 1.13. The van der Waals surface area contributed by atoms with Crippen LogP contribution in [0.5, 0.6) is 0 Å². The second-order valence-electron chi connectivity index (χ2n) is 3.19. The van der Waals surface area contributed by atoms with E-state index in [9.17, 15) is 0 Å². The van der Waals surface area contributed by atoms with Gasteiger partial charge < -0.3 is 15.4 Å². The van der Waals surface area contributed by atoms with Gasteiger partial charge in [0.05, 0.1) is 13.2 Å². The van der Waals surface area contributed by atoms with Gasteiger partial charge in [-0.25, -0.2) is 0 Å². The van der Waals surface area contributed by atoms with Crippen LogP contribution in [0.2, 0.25) is 0 Å². The Balaban J connectivity index is 0. The van der Waals surface area contributed by atoms with Gasteiger partial charge in [-0.2, -0.15) is 11.8 Å². The zero-order valence-electron chi connectivity index (χ0n) is 10.6. The quantitative estimate of drug-likeness (QED) is 0.313. The van der Waals surface area contributed by atoms with Crippen molar-refractivity contribution >= 4 is 41.7 Å². The Kier molecular flexibility index (Phi) is 15.6. The first-order chi connectivity index (χ1) is 7.24. The maximum absolute atomic E-state index is 4.97. The lowest BCUT2D eigenvalue weighted by molar-refractivity contribution is 0.203. The van der Waals surface area contributed by atoms with Gasteiger partial charge in [0.15, 0.2) is 5.96 Å². The van der Waals surface area contributed by atoms with E-state index in [1.807, 2.05) is 11.8 Å². The molecular formula is C10H24IN3OS. The molecule has 0 aromatic heterocycles. The van der Waals surface area contributed by atoms with Crippen LogP contribution in [0.15, 0.2) is 4.99 Å². The Labute approximate surface area is 120 Å². The predicted molar refractivity (Wildman–Crippen MR) is 84.2 cm³/mol. The summed E-state index contributed by atoms with van der Waals surface area (Å²) in [6, 6.07) is 0. The van der Waals surface area contributed by atoms with Gasteiger partial charge in [-0.1, -0.05) is 6.92 Å². The molecule has 0 bridgehead atoms. The number of nitrogens with one attached hydrogen (secondary N) is 2. The van der Waals surface area contributed by atoms with E-state index in [0.717, 1.165) is 25.6 Å². The Hall–Kier alpha value is 0.310. The number of nitrogens with zero attached hydrogens (tertiary/aromatic N) is 1. The highest BCUT2D eigenvalue weighted by Crippen LogP contribution is 2.04. The van der Waals surface area contributed by atoms with Crippen molar-refractivity contribution in [1.82, 2.24) is 10.6 Å². The van der Waals surface area contributed by atoms with Crippen LogP contribution in [0.1, 0.15) is 13.8 Å². The number of hydrogen-bond donors (Lipinski definition) is 2. The molecule has 4 nitrogen and oxygen atoms in total. The third kappa shape index (κ3) is 10.8. The minimum absolute atomic E-state index is 0. The molecule has 0 spiro atoms. The summed E-state index contributed by atoms with van der Waals surface area (Å²) in [6.45, 7) is 7.44. The summed E-state index contributed by atoms with van der Waals surface area (Å²) in [5, 5.41) is 6.96. The van der Waals surface area contributed by atoms with Gasteiger partial charge in [0, 0.05) is 25.4 Å². The number of methoxy groups -OCH3 is 1. The van der Waals surface area contributed by atoms with Crippen molar-refractivity contribution in [2.45, 2.75) is 19.1 Å². The molecule has 0 fully saturated rings. The highest BCUT2D eigenvalue weighted by atomic mass is 127. The molecule has 0 saturated carbocycles. The molecular weight excluding hydrogens is 337 g/mol. The molecule has 16 heavy (non-hydrogen) atoms. The summed E-state index contributed by atoms with van der Waals surface area (Å²) in [5.74, 6) is 0.871. The lowest BCUT2D eigenvalue weighted by Crippen LogP contribution is -2.39. The van der Waals surface area contributed by atoms with E-state index in [4.69, 9.17) is 4.74 Å². The topological polar surface area (TPSA) is 45.7 Å². The van der Waals surface area contributed by atoms with Crippen molar-refractivity contribution in [2.75, 3.05) is 39.6 Å². The highest BCUT2D eigenvalue weighted by Gasteiger charge is 1.99. The van der Waals surface area contributed by atoms with E-state index >= 15 is 0 Å². The molecule has 0 aromatic rings. The molecule has 98 valence electrons. The Morgan fingerprint density at radius 3 is 2.62 bits per heavy atom. The minimum Gasteiger partial charge on any atom is -0.383 e. The van der Waals surface area contributed by atoms with Crippen LogP contribution in [0.25, 0.3) is 0 Å². The Morgan fingerprint density at radius 1 is 1.44 bits per heavy atom. The SMILES string of the molecule is CCNC(=NCC(C)SC)NCCOC.I. The number of guanidine groups is 1. The van der Waals surface area contributed by atoms with E-state index in [2.05, 4.69) is 35.7 Å². The molecule has 2 N–H and O–H groups in total. The van der Waals surface area contributed by atoms with E-state index in [0.29, 0.717) is 11.9 Å². The second-order valence-corrected chi connectivity index (χ2v) is 4.46. The van der Waals surface area contributed by atoms with E-state index < -0.39 is 0 Å². The highest BCUT2D eigenvalue weighted by molar-refractivity contribution is 14.0. The lowest BCUT2D eigenvalue weighted by atomic mass is 10.5. The number of thioether (sulfide) groups is 1. The van der Waals surface area contributed by atoms with Crippen LogP contribution in [0.3, 0.4) is 0 Å². The summed E-state index contributed by atoms with van der Waals surface area (Å²) in [4.78, 5) is 4.47. The predicted octanol–water partition coefficient (Wildman–Crippen LogP) is 1.56. The summed E-state index contributed by atoms with van der Waals surface area (Å²) < 4.78 is 4.97. The van der Waals surface area contributed by atoms with Crippen LogP contribution >= 0.6 is 35.7 Å². The maximum Gasteiger partial charge on any atom is 0.191 e. The third-order valence-electron chi connectivity index (χ3n) is 1.85. The third-order valence-corrected chi connectivity index (χ3v) is 2.81. The van der Waals surface area contributed by atoms with Gasteiger partial charge in [-0.3, -0.25) is 4.99 Å². The first kappa shape index (κ1) is 18.7. The molecule has 0 saturated heterocycles. The average Bonchev–Trinajstić information content (AvgIpc) is 2.25. The number of rotatable bonds is 7.